The lowest BCUT2D eigenvalue weighted by atomic mass is 9.95. The summed E-state index contributed by atoms with van der Waals surface area (Å²) in [6, 6.07) is 0.153. The Morgan fingerprint density at radius 2 is 1.80 bits per heavy atom. The Labute approximate surface area is 123 Å². The monoisotopic (exact) mass is 304 g/mol. The molecule has 1 heterocycles. The van der Waals surface area contributed by atoms with Crippen molar-refractivity contribution in [3.8, 4) is 0 Å². The molecule has 1 N–H and O–H groups in total. The molecule has 5 nitrogen and oxygen atoms in total. The Kier molecular flexibility index (Phi) is 5.45. The molecule has 1 saturated carbocycles. The van der Waals surface area contributed by atoms with Gasteiger partial charge < -0.3 is 5.11 Å². The number of hydrogen-bond donors (Lipinski definition) is 1. The zero-order valence-corrected chi connectivity index (χ0v) is 13.5. The molecule has 0 amide bonds. The van der Waals surface area contributed by atoms with Crippen LogP contribution in [0.4, 0.5) is 0 Å². The van der Waals surface area contributed by atoms with E-state index in [1.165, 1.54) is 6.42 Å². The van der Waals surface area contributed by atoms with Crippen molar-refractivity contribution in [3.05, 3.63) is 0 Å². The Morgan fingerprint density at radius 1 is 1.15 bits per heavy atom. The van der Waals surface area contributed by atoms with Crippen molar-refractivity contribution in [3.63, 3.8) is 0 Å². The summed E-state index contributed by atoms with van der Waals surface area (Å²) < 4.78 is 28.6. The van der Waals surface area contributed by atoms with Crippen LogP contribution in [0.1, 0.15) is 51.9 Å². The average Bonchev–Trinajstić information content (AvgIpc) is 2.47. The normalized spacial score (nSPS) is 28.7. The summed E-state index contributed by atoms with van der Waals surface area (Å²) >= 11 is 0. The van der Waals surface area contributed by atoms with Crippen molar-refractivity contribution in [2.75, 3.05) is 20.1 Å². The number of hydrogen-bond acceptors (Lipinski definition) is 3. The van der Waals surface area contributed by atoms with Gasteiger partial charge in [-0.1, -0.05) is 19.3 Å². The maximum absolute atomic E-state index is 12.7. The van der Waals surface area contributed by atoms with E-state index < -0.39 is 16.3 Å². The minimum atomic E-state index is -3.37. The highest BCUT2D eigenvalue weighted by Gasteiger charge is 2.36. The molecule has 6 heteroatoms. The van der Waals surface area contributed by atoms with Crippen LogP contribution in [-0.4, -0.2) is 54.4 Å². The Bertz CT molecular complexity index is 405. The van der Waals surface area contributed by atoms with Gasteiger partial charge in [-0.15, -0.1) is 0 Å². The molecule has 2 aliphatic rings. The van der Waals surface area contributed by atoms with Crippen molar-refractivity contribution in [1.29, 1.82) is 0 Å². The van der Waals surface area contributed by atoms with Crippen molar-refractivity contribution in [2.45, 2.75) is 64.0 Å². The first-order valence-electron chi connectivity index (χ1n) is 7.84. The molecule has 1 aliphatic heterocycles. The standard InChI is InChI=1S/C14H28N2O3S/c1-12(17)13-7-6-10-16(11-13)20(18,19)15(2)14-8-4-3-5-9-14/h12-14,17H,3-11H2,1-2H3. The van der Waals surface area contributed by atoms with Gasteiger partial charge in [0, 0.05) is 26.2 Å². The van der Waals surface area contributed by atoms with E-state index in [0.29, 0.717) is 13.1 Å². The van der Waals surface area contributed by atoms with Crippen LogP contribution in [0.2, 0.25) is 0 Å². The smallest absolute Gasteiger partial charge is 0.281 e. The van der Waals surface area contributed by atoms with Crippen LogP contribution in [0.5, 0.6) is 0 Å². The summed E-state index contributed by atoms with van der Waals surface area (Å²) in [6.07, 6.45) is 6.74. The first kappa shape index (κ1) is 16.2. The lowest BCUT2D eigenvalue weighted by Gasteiger charge is -2.38. The summed E-state index contributed by atoms with van der Waals surface area (Å²) in [4.78, 5) is 0. The molecule has 118 valence electrons. The second kappa shape index (κ2) is 6.73. The highest BCUT2D eigenvalue weighted by atomic mass is 32.2. The van der Waals surface area contributed by atoms with E-state index >= 15 is 0 Å². The lowest BCUT2D eigenvalue weighted by Crippen LogP contribution is -2.51. The molecule has 1 aliphatic carbocycles. The SMILES string of the molecule is CC(O)C1CCCN(S(=O)(=O)N(C)C2CCCCC2)C1. The van der Waals surface area contributed by atoms with E-state index in [0.717, 1.165) is 38.5 Å². The molecule has 2 fully saturated rings. The Morgan fingerprint density at radius 3 is 2.40 bits per heavy atom. The third-order valence-corrected chi connectivity index (χ3v) is 6.89. The third-order valence-electron chi connectivity index (χ3n) is 4.88. The second-order valence-corrected chi connectivity index (χ2v) is 8.30. The minimum absolute atomic E-state index is 0.0679. The highest BCUT2D eigenvalue weighted by Crippen LogP contribution is 2.27. The predicted molar refractivity (Wildman–Crippen MR) is 79.5 cm³/mol. The van der Waals surface area contributed by atoms with Gasteiger partial charge in [-0.25, -0.2) is 0 Å². The average molecular weight is 304 g/mol. The zero-order valence-electron chi connectivity index (χ0n) is 12.7. The largest absolute Gasteiger partial charge is 0.393 e. The van der Waals surface area contributed by atoms with Crippen LogP contribution >= 0.6 is 0 Å². The molecule has 20 heavy (non-hydrogen) atoms. The first-order chi connectivity index (χ1) is 9.43. The van der Waals surface area contributed by atoms with E-state index in [1.807, 2.05) is 0 Å². The fraction of sp³-hybridized carbons (Fsp3) is 1.00. The molecule has 0 aromatic carbocycles. The third kappa shape index (κ3) is 3.53. The van der Waals surface area contributed by atoms with Crippen LogP contribution in [0.3, 0.4) is 0 Å². The highest BCUT2D eigenvalue weighted by molar-refractivity contribution is 7.86. The zero-order chi connectivity index (χ0) is 14.8. The fourth-order valence-corrected chi connectivity index (χ4v) is 5.08. The van der Waals surface area contributed by atoms with Crippen molar-refractivity contribution in [1.82, 2.24) is 8.61 Å². The molecule has 0 spiro atoms. The maximum atomic E-state index is 12.7. The summed E-state index contributed by atoms with van der Waals surface area (Å²) in [5.74, 6) is 0.0679. The number of piperidine rings is 1. The molecular formula is C14H28N2O3S. The molecule has 2 unspecified atom stereocenters. The van der Waals surface area contributed by atoms with Gasteiger partial charge in [0.15, 0.2) is 0 Å². The van der Waals surface area contributed by atoms with Crippen molar-refractivity contribution in [2.24, 2.45) is 5.92 Å². The van der Waals surface area contributed by atoms with Gasteiger partial charge in [-0.2, -0.15) is 17.0 Å². The summed E-state index contributed by atoms with van der Waals surface area (Å²) in [5.41, 5.74) is 0. The van der Waals surface area contributed by atoms with Crippen molar-refractivity contribution < 1.29 is 13.5 Å². The van der Waals surface area contributed by atoms with Gasteiger partial charge in [-0.05, 0) is 38.5 Å². The minimum Gasteiger partial charge on any atom is -0.393 e. The molecule has 0 radical (unpaired) electrons. The number of aliphatic hydroxyl groups is 1. The molecule has 2 rings (SSSR count). The topological polar surface area (TPSA) is 60.9 Å². The second-order valence-electron chi connectivity index (χ2n) is 6.32. The summed E-state index contributed by atoms with van der Waals surface area (Å²) in [6.45, 7) is 2.80. The molecule has 0 bridgehead atoms. The van der Waals surface area contributed by atoms with Gasteiger partial charge in [0.2, 0.25) is 0 Å². The predicted octanol–water partition coefficient (Wildman–Crippen LogP) is 1.59. The molecule has 0 aromatic heterocycles. The molecule has 1 saturated heterocycles. The molecule has 0 aromatic rings. The van der Waals surface area contributed by atoms with Gasteiger partial charge in [0.05, 0.1) is 6.10 Å². The van der Waals surface area contributed by atoms with E-state index in [-0.39, 0.29) is 12.0 Å². The van der Waals surface area contributed by atoms with Gasteiger partial charge in [-0.3, -0.25) is 0 Å². The lowest BCUT2D eigenvalue weighted by molar-refractivity contribution is 0.0860. The van der Waals surface area contributed by atoms with Crippen LogP contribution in [0.15, 0.2) is 0 Å². The maximum Gasteiger partial charge on any atom is 0.281 e. The molecule has 2 atom stereocenters. The van der Waals surface area contributed by atoms with E-state index in [1.54, 1.807) is 22.6 Å². The summed E-state index contributed by atoms with van der Waals surface area (Å²) in [5, 5.41) is 9.71. The number of aliphatic hydroxyl groups excluding tert-OH is 1. The Balaban J connectivity index is 2.04. The van der Waals surface area contributed by atoms with E-state index in [4.69, 9.17) is 0 Å². The number of nitrogens with zero attached hydrogens (tertiary/aromatic N) is 2. The van der Waals surface area contributed by atoms with Crippen LogP contribution in [-0.2, 0) is 10.2 Å². The van der Waals surface area contributed by atoms with Crippen LogP contribution in [0, 0.1) is 5.92 Å². The quantitative estimate of drug-likeness (QED) is 0.858. The molecular weight excluding hydrogens is 276 g/mol. The first-order valence-corrected chi connectivity index (χ1v) is 9.24. The van der Waals surface area contributed by atoms with Gasteiger partial charge in [0.25, 0.3) is 10.2 Å². The van der Waals surface area contributed by atoms with Gasteiger partial charge in [0.1, 0.15) is 0 Å². The summed E-state index contributed by atoms with van der Waals surface area (Å²) in [7, 11) is -1.65. The van der Waals surface area contributed by atoms with E-state index in [2.05, 4.69) is 0 Å². The van der Waals surface area contributed by atoms with Crippen molar-refractivity contribution >= 4 is 10.2 Å². The van der Waals surface area contributed by atoms with E-state index in [9.17, 15) is 13.5 Å². The Hall–Kier alpha value is -0.170. The number of rotatable bonds is 4. The van der Waals surface area contributed by atoms with Crippen LogP contribution in [0.25, 0.3) is 0 Å². The van der Waals surface area contributed by atoms with Gasteiger partial charge >= 0.3 is 0 Å². The van der Waals surface area contributed by atoms with Crippen LogP contribution < -0.4 is 0 Å². The fourth-order valence-electron chi connectivity index (χ4n) is 3.39.